The first kappa shape index (κ1) is 19.3. The van der Waals surface area contributed by atoms with E-state index in [-0.39, 0.29) is 13.2 Å². The Labute approximate surface area is 163 Å². The van der Waals surface area contributed by atoms with Crippen LogP contribution in [0.3, 0.4) is 0 Å². The second-order valence-corrected chi connectivity index (χ2v) is 6.11. The Morgan fingerprint density at radius 2 is 1.75 bits per heavy atom. The first-order chi connectivity index (χ1) is 13.6. The van der Waals surface area contributed by atoms with E-state index in [1.54, 1.807) is 19.1 Å². The van der Waals surface area contributed by atoms with Crippen LogP contribution in [0.4, 0.5) is 4.79 Å². The van der Waals surface area contributed by atoms with Gasteiger partial charge in [-0.3, -0.25) is 0 Å². The van der Waals surface area contributed by atoms with Crippen LogP contribution in [0.5, 0.6) is 11.5 Å². The number of hydrogen-bond donors (Lipinski definition) is 2. The Morgan fingerprint density at radius 3 is 2.50 bits per heavy atom. The molecular weight excluding hydrogens is 360 g/mol. The van der Waals surface area contributed by atoms with Gasteiger partial charge in [0.05, 0.1) is 18.7 Å². The maximum absolute atomic E-state index is 12.7. The first-order valence-electron chi connectivity index (χ1n) is 8.86. The lowest BCUT2D eigenvalue weighted by atomic mass is 9.95. The molecule has 3 rings (SSSR count). The summed E-state index contributed by atoms with van der Waals surface area (Å²) in [5.41, 5.74) is 1.43. The number of esters is 1. The molecule has 0 bridgehead atoms. The Kier molecular flexibility index (Phi) is 6.16. The number of carbonyl (C=O) groups is 2. The van der Waals surface area contributed by atoms with Gasteiger partial charge in [-0.15, -0.1) is 0 Å². The molecule has 2 aromatic carbocycles. The number of benzene rings is 2. The maximum Gasteiger partial charge on any atom is 0.338 e. The van der Waals surface area contributed by atoms with Gasteiger partial charge in [-0.1, -0.05) is 36.4 Å². The second kappa shape index (κ2) is 8.94. The van der Waals surface area contributed by atoms with Crippen LogP contribution < -0.4 is 20.1 Å². The number of urea groups is 1. The molecule has 2 N–H and O–H groups in total. The van der Waals surface area contributed by atoms with Crippen LogP contribution in [0.2, 0.25) is 0 Å². The lowest BCUT2D eigenvalue weighted by Crippen LogP contribution is -2.45. The summed E-state index contributed by atoms with van der Waals surface area (Å²) in [6.07, 6.45) is 0. The minimum atomic E-state index is -0.674. The molecular formula is C21H22N2O5. The highest BCUT2D eigenvalue weighted by molar-refractivity contribution is 5.95. The van der Waals surface area contributed by atoms with Gasteiger partial charge in [-0.25, -0.2) is 9.59 Å². The van der Waals surface area contributed by atoms with Crippen LogP contribution in [0.25, 0.3) is 0 Å². The third-order valence-corrected chi connectivity index (χ3v) is 4.27. The highest BCUT2D eigenvalue weighted by Gasteiger charge is 2.33. The van der Waals surface area contributed by atoms with E-state index in [2.05, 4.69) is 10.6 Å². The molecule has 0 unspecified atom stereocenters. The highest BCUT2D eigenvalue weighted by Crippen LogP contribution is 2.33. The van der Waals surface area contributed by atoms with Crippen LogP contribution in [-0.2, 0) is 9.53 Å². The van der Waals surface area contributed by atoms with Crippen molar-refractivity contribution in [1.29, 1.82) is 0 Å². The van der Waals surface area contributed by atoms with Gasteiger partial charge in [0, 0.05) is 11.3 Å². The summed E-state index contributed by atoms with van der Waals surface area (Å²) in [7, 11) is 1.54. The van der Waals surface area contributed by atoms with Crippen LogP contribution in [-0.4, -0.2) is 32.3 Å². The molecule has 1 atom stereocenters. The molecule has 0 radical (unpaired) electrons. The summed E-state index contributed by atoms with van der Waals surface area (Å²) in [5, 5.41) is 5.39. The summed E-state index contributed by atoms with van der Waals surface area (Å²) < 4.78 is 16.3. The van der Waals surface area contributed by atoms with Gasteiger partial charge in [-0.05, 0) is 25.1 Å². The summed E-state index contributed by atoms with van der Waals surface area (Å²) in [5.74, 6) is 0.741. The van der Waals surface area contributed by atoms with Crippen molar-refractivity contribution in [3.63, 3.8) is 0 Å². The molecule has 7 nitrogen and oxygen atoms in total. The largest absolute Gasteiger partial charge is 0.496 e. The third kappa shape index (κ3) is 4.43. The summed E-state index contributed by atoms with van der Waals surface area (Å²) in [6, 6.07) is 15.4. The highest BCUT2D eigenvalue weighted by atomic mass is 16.6. The van der Waals surface area contributed by atoms with Crippen molar-refractivity contribution >= 4 is 12.0 Å². The molecule has 0 aliphatic carbocycles. The number of allylic oxidation sites excluding steroid dienone is 1. The minimum absolute atomic E-state index is 0.0805. The third-order valence-electron chi connectivity index (χ3n) is 4.27. The van der Waals surface area contributed by atoms with E-state index in [9.17, 15) is 9.59 Å². The van der Waals surface area contributed by atoms with Crippen molar-refractivity contribution in [1.82, 2.24) is 10.6 Å². The molecule has 28 heavy (non-hydrogen) atoms. The molecule has 0 spiro atoms. The summed E-state index contributed by atoms with van der Waals surface area (Å²) in [6.45, 7) is 1.97. The molecule has 0 aromatic heterocycles. The molecule has 0 saturated carbocycles. The molecule has 7 heteroatoms. The Balaban J connectivity index is 1.72. The normalized spacial score (nSPS) is 16.1. The van der Waals surface area contributed by atoms with E-state index in [1.165, 1.54) is 7.11 Å². The van der Waals surface area contributed by atoms with Crippen molar-refractivity contribution in [3.8, 4) is 11.5 Å². The van der Waals surface area contributed by atoms with Crippen molar-refractivity contribution in [2.45, 2.75) is 13.0 Å². The van der Waals surface area contributed by atoms with Crippen molar-refractivity contribution < 1.29 is 23.8 Å². The van der Waals surface area contributed by atoms with Gasteiger partial charge in [0.1, 0.15) is 24.7 Å². The zero-order valence-corrected chi connectivity index (χ0v) is 15.7. The monoisotopic (exact) mass is 382 g/mol. The average Bonchev–Trinajstić information content (AvgIpc) is 2.71. The number of nitrogens with one attached hydrogen (secondary N) is 2. The zero-order valence-electron chi connectivity index (χ0n) is 15.7. The van der Waals surface area contributed by atoms with E-state index in [1.807, 2.05) is 42.5 Å². The smallest absolute Gasteiger partial charge is 0.338 e. The molecule has 146 valence electrons. The first-order valence-corrected chi connectivity index (χ1v) is 8.86. The molecule has 0 fully saturated rings. The van der Waals surface area contributed by atoms with Crippen molar-refractivity contribution in [2.75, 3.05) is 20.3 Å². The fourth-order valence-corrected chi connectivity index (χ4v) is 2.99. The van der Waals surface area contributed by atoms with Crippen molar-refractivity contribution in [2.24, 2.45) is 0 Å². The Morgan fingerprint density at radius 1 is 1.04 bits per heavy atom. The van der Waals surface area contributed by atoms with Crippen LogP contribution in [0, 0.1) is 0 Å². The van der Waals surface area contributed by atoms with Crippen molar-refractivity contribution in [3.05, 3.63) is 71.4 Å². The summed E-state index contributed by atoms with van der Waals surface area (Å²) >= 11 is 0. The number of ether oxygens (including phenoxy) is 3. The Hall–Kier alpha value is -3.48. The van der Waals surface area contributed by atoms with E-state index >= 15 is 0 Å². The molecule has 2 amide bonds. The fraction of sp³-hybridized carbons (Fsp3) is 0.238. The Bertz CT molecular complexity index is 879. The fourth-order valence-electron chi connectivity index (χ4n) is 2.99. The molecule has 1 heterocycles. The minimum Gasteiger partial charge on any atom is -0.496 e. The number of rotatable bonds is 7. The van der Waals surface area contributed by atoms with Gasteiger partial charge < -0.3 is 24.8 Å². The number of hydrogen-bond acceptors (Lipinski definition) is 5. The summed E-state index contributed by atoms with van der Waals surface area (Å²) in [4.78, 5) is 24.7. The maximum atomic E-state index is 12.7. The molecule has 0 saturated heterocycles. The van der Waals surface area contributed by atoms with Gasteiger partial charge in [0.15, 0.2) is 0 Å². The molecule has 2 aromatic rings. The van der Waals surface area contributed by atoms with Crippen LogP contribution >= 0.6 is 0 Å². The van der Waals surface area contributed by atoms with Gasteiger partial charge in [0.2, 0.25) is 0 Å². The lowest BCUT2D eigenvalue weighted by Gasteiger charge is -2.29. The molecule has 1 aliphatic heterocycles. The van der Waals surface area contributed by atoms with Gasteiger partial charge >= 0.3 is 12.0 Å². The van der Waals surface area contributed by atoms with Gasteiger partial charge in [-0.2, -0.15) is 0 Å². The zero-order chi connectivity index (χ0) is 19.9. The number of methoxy groups -OCH3 is 1. The number of carbonyl (C=O) groups excluding carboxylic acids is 2. The predicted octanol–water partition coefficient (Wildman–Crippen LogP) is 2.95. The van der Waals surface area contributed by atoms with E-state index in [0.717, 1.165) is 0 Å². The molecule has 1 aliphatic rings. The van der Waals surface area contributed by atoms with Crippen LogP contribution in [0.1, 0.15) is 18.5 Å². The topological polar surface area (TPSA) is 85.9 Å². The quantitative estimate of drug-likeness (QED) is 0.568. The number of para-hydroxylation sites is 2. The van der Waals surface area contributed by atoms with Gasteiger partial charge in [0.25, 0.3) is 0 Å². The second-order valence-electron chi connectivity index (χ2n) is 6.11. The van der Waals surface area contributed by atoms with E-state index < -0.39 is 18.0 Å². The van der Waals surface area contributed by atoms with E-state index in [4.69, 9.17) is 14.2 Å². The van der Waals surface area contributed by atoms with Crippen LogP contribution in [0.15, 0.2) is 65.9 Å². The SMILES string of the molecule is COc1ccccc1[C@H]1NC(=O)NC(C)=C1C(=O)OCCOc1ccccc1. The van der Waals surface area contributed by atoms with E-state index in [0.29, 0.717) is 28.3 Å². The average molecular weight is 382 g/mol. The lowest BCUT2D eigenvalue weighted by molar-refractivity contribution is -0.140. The number of amides is 2. The predicted molar refractivity (Wildman–Crippen MR) is 103 cm³/mol. The standard InChI is InChI=1S/C21H22N2O5/c1-14-18(20(24)28-13-12-27-15-8-4-3-5-9-15)19(23-21(25)22-14)16-10-6-7-11-17(16)26-2/h3-11,19H,12-13H2,1-2H3,(H2,22,23,25)/t19-/m1/s1.